The average molecular weight is 1050 g/mol. The lowest BCUT2D eigenvalue weighted by molar-refractivity contribution is -0.958. The Labute approximate surface area is 453 Å². The molecule has 414 valence electrons. The van der Waals surface area contributed by atoms with E-state index in [2.05, 4.69) is 20.9 Å². The van der Waals surface area contributed by atoms with Crippen molar-refractivity contribution in [1.29, 1.82) is 0 Å². The molecule has 6 bridgehead atoms. The number of esters is 1. The van der Waals surface area contributed by atoms with Gasteiger partial charge in [0.1, 0.15) is 29.9 Å². The van der Waals surface area contributed by atoms with Crippen LogP contribution in [0.1, 0.15) is 182 Å². The van der Waals surface area contributed by atoms with E-state index in [0.717, 1.165) is 79.2 Å². The van der Waals surface area contributed by atoms with Crippen molar-refractivity contribution >= 4 is 17.9 Å². The second kappa shape index (κ2) is 27.0. The van der Waals surface area contributed by atoms with Gasteiger partial charge in [-0.15, -0.1) is 0 Å². The molecule has 0 spiro atoms. The van der Waals surface area contributed by atoms with Crippen molar-refractivity contribution in [1.82, 2.24) is 0 Å². The van der Waals surface area contributed by atoms with Gasteiger partial charge in [0.05, 0.1) is 66.0 Å². The Hall–Kier alpha value is -5.79. The number of quaternary nitrogens is 2. The SMILES string of the molecule is CCCCCCCCCCC(C(=O)[O-])[N+]1(C)CCc2cc(OC)c3cc2C1Cc1ccc(cc1)Oc1cc(ccc1OC)CC1c2c(cc(OC)c(OC(C)=O)c2O3)CC[N+]1(C)C(CCCCCCCCCC)C(=O)[O-]. The maximum absolute atomic E-state index is 13.8. The number of carboxylic acids is 2. The van der Waals surface area contributed by atoms with Crippen molar-refractivity contribution < 1.29 is 62.0 Å². The normalized spacial score (nSPS) is 20.4. The number of fused-ring (bicyclic) bond motifs is 2. The van der Waals surface area contributed by atoms with Crippen LogP contribution in [0.2, 0.25) is 0 Å². The van der Waals surface area contributed by atoms with E-state index in [1.54, 1.807) is 14.2 Å². The van der Waals surface area contributed by atoms with Crippen LogP contribution in [-0.4, -0.2) is 87.5 Å². The van der Waals surface area contributed by atoms with Crippen LogP contribution in [0.5, 0.6) is 46.0 Å². The zero-order chi connectivity index (χ0) is 54.4. The molecule has 76 heavy (non-hydrogen) atoms. The molecule has 4 heterocycles. The van der Waals surface area contributed by atoms with Crippen LogP contribution in [0.15, 0.2) is 60.7 Å². The van der Waals surface area contributed by atoms with E-state index in [9.17, 15) is 24.6 Å². The van der Waals surface area contributed by atoms with E-state index in [0.29, 0.717) is 85.9 Å². The standard InChI is InChI=1S/C63H86N2O11/c1-9-11-13-15-17-19-21-23-25-50(62(67)68)64(4)35-33-46-40-55(72-7)57-42-49(46)52(64)37-44-27-30-48(31-28-44)75-56-39-45(29-32-54(56)71-6)38-53-59-47(41-58(73-8)60(61(59)76-57)74-43(3)66)34-36-65(53,5)51(63(69)70)26-24-22-20-18-16-14-12-10-2/h27-32,39-42,50-53H,9-26,33-38H2,1-8H3. The number of ether oxygens (including phenoxy) is 6. The van der Waals surface area contributed by atoms with E-state index in [1.807, 2.05) is 67.7 Å². The van der Waals surface area contributed by atoms with Gasteiger partial charge in [-0.2, -0.15) is 0 Å². The van der Waals surface area contributed by atoms with Gasteiger partial charge in [-0.05, 0) is 77.6 Å². The smallest absolute Gasteiger partial charge is 0.308 e. The Morgan fingerprint density at radius 3 is 1.61 bits per heavy atom. The summed E-state index contributed by atoms with van der Waals surface area (Å²) in [6, 6.07) is 17.0. The molecule has 0 N–H and O–H groups in total. The summed E-state index contributed by atoms with van der Waals surface area (Å²) >= 11 is 0. The average Bonchev–Trinajstić information content (AvgIpc) is 3.44. The third-order valence-electron chi connectivity index (χ3n) is 17.1. The molecule has 6 atom stereocenters. The third kappa shape index (κ3) is 13.5. The number of carboxylic acid groups (broad SMARTS) is 2. The number of carbonyl (C=O) groups is 3. The monoisotopic (exact) mass is 1050 g/mol. The number of aliphatic carboxylic acids is 2. The summed E-state index contributed by atoms with van der Waals surface area (Å²) in [6.07, 6.45) is 20.2. The molecule has 4 aromatic rings. The van der Waals surface area contributed by atoms with Crippen molar-refractivity contribution in [3.63, 3.8) is 0 Å². The summed E-state index contributed by atoms with van der Waals surface area (Å²) in [5.74, 6) is 0.175. The molecule has 4 aromatic carbocycles. The number of carbonyl (C=O) groups excluding carboxylic acids is 3. The fourth-order valence-corrected chi connectivity index (χ4v) is 12.7. The van der Waals surface area contributed by atoms with E-state index in [-0.39, 0.29) is 32.3 Å². The molecule has 8 rings (SSSR count). The molecule has 0 aromatic heterocycles. The first-order valence-corrected chi connectivity index (χ1v) is 28.5. The van der Waals surface area contributed by atoms with Gasteiger partial charge in [0.15, 0.2) is 34.5 Å². The fourth-order valence-electron chi connectivity index (χ4n) is 12.7. The number of unbranched alkanes of at least 4 members (excludes halogenated alkanes) is 14. The van der Waals surface area contributed by atoms with Gasteiger partial charge < -0.3 is 57.2 Å². The molecule has 0 radical (unpaired) electrons. The predicted octanol–water partition coefficient (Wildman–Crippen LogP) is 11.4. The van der Waals surface area contributed by atoms with Gasteiger partial charge in [-0.25, -0.2) is 0 Å². The molecule has 0 fully saturated rings. The van der Waals surface area contributed by atoms with Gasteiger partial charge in [0, 0.05) is 51.0 Å². The van der Waals surface area contributed by atoms with E-state index < -0.39 is 36.0 Å². The Bertz CT molecular complexity index is 2600. The number of hydrogen-bond acceptors (Lipinski definition) is 11. The molecule has 0 saturated carbocycles. The topological polar surface area (TPSA) is 153 Å². The van der Waals surface area contributed by atoms with Crippen molar-refractivity contribution in [3.8, 4) is 46.0 Å². The highest BCUT2D eigenvalue weighted by Crippen LogP contribution is 2.55. The molecule has 13 nitrogen and oxygen atoms in total. The Morgan fingerprint density at radius 1 is 0.579 bits per heavy atom. The predicted molar refractivity (Wildman–Crippen MR) is 291 cm³/mol. The molecule has 0 amide bonds. The summed E-state index contributed by atoms with van der Waals surface area (Å²) in [5, 5.41) is 27.3. The summed E-state index contributed by atoms with van der Waals surface area (Å²) in [4.78, 5) is 40.6. The largest absolute Gasteiger partial charge is 0.544 e. The maximum Gasteiger partial charge on any atom is 0.308 e. The van der Waals surface area contributed by atoms with Crippen LogP contribution in [0, 0.1) is 0 Å². The maximum atomic E-state index is 13.8. The molecule has 4 aliphatic rings. The van der Waals surface area contributed by atoms with E-state index in [4.69, 9.17) is 28.4 Å². The molecule has 13 heteroatoms. The second-order valence-corrected chi connectivity index (χ2v) is 22.2. The van der Waals surface area contributed by atoms with Crippen LogP contribution in [-0.2, 0) is 40.1 Å². The molecule has 0 aliphatic carbocycles. The van der Waals surface area contributed by atoms with Crippen molar-refractivity contribution in [2.24, 2.45) is 0 Å². The summed E-state index contributed by atoms with van der Waals surface area (Å²) in [5.41, 5.74) is 5.33. The lowest BCUT2D eigenvalue weighted by Crippen LogP contribution is -2.63. The minimum absolute atomic E-state index is 0.0623. The zero-order valence-corrected chi connectivity index (χ0v) is 46.9. The summed E-state index contributed by atoms with van der Waals surface area (Å²) in [6.45, 7) is 6.78. The molecular formula is C63H86N2O11. The lowest BCUT2D eigenvalue weighted by Gasteiger charge is -2.51. The number of likely N-dealkylation sites (N-methyl/N-ethyl adjacent to an activating group) is 2. The quantitative estimate of drug-likeness (QED) is 0.0256. The molecule has 4 aliphatic heterocycles. The first-order chi connectivity index (χ1) is 36.7. The summed E-state index contributed by atoms with van der Waals surface area (Å²) in [7, 11) is 8.79. The number of benzene rings is 4. The first kappa shape index (κ1) is 57.9. The summed E-state index contributed by atoms with van der Waals surface area (Å²) < 4.78 is 38.5. The highest BCUT2D eigenvalue weighted by molar-refractivity contribution is 5.75. The van der Waals surface area contributed by atoms with Crippen molar-refractivity contribution in [3.05, 3.63) is 94.0 Å². The number of hydrogen-bond donors (Lipinski definition) is 0. The van der Waals surface area contributed by atoms with Gasteiger partial charge in [0.25, 0.3) is 0 Å². The van der Waals surface area contributed by atoms with Gasteiger partial charge in [0.2, 0.25) is 5.75 Å². The Balaban J connectivity index is 1.41. The fraction of sp³-hybridized carbons (Fsp3) is 0.571. The zero-order valence-electron chi connectivity index (χ0n) is 46.9. The van der Waals surface area contributed by atoms with Gasteiger partial charge in [-0.3, -0.25) is 4.79 Å². The van der Waals surface area contributed by atoms with E-state index in [1.165, 1.54) is 65.4 Å². The van der Waals surface area contributed by atoms with Crippen molar-refractivity contribution in [2.75, 3.05) is 48.5 Å². The Kier molecular flexibility index (Phi) is 20.6. The molecule has 0 saturated heterocycles. The molecular weight excluding hydrogens is 961 g/mol. The van der Waals surface area contributed by atoms with Crippen molar-refractivity contribution in [2.45, 2.75) is 186 Å². The minimum atomic E-state index is -1.12. The van der Waals surface area contributed by atoms with Crippen LogP contribution in [0.25, 0.3) is 0 Å². The number of nitrogens with zero attached hydrogens (tertiary/aromatic N) is 2. The number of methoxy groups -OCH3 is 3. The van der Waals surface area contributed by atoms with Crippen LogP contribution >= 0.6 is 0 Å². The van der Waals surface area contributed by atoms with Crippen LogP contribution < -0.4 is 38.6 Å². The second-order valence-electron chi connectivity index (χ2n) is 22.2. The van der Waals surface area contributed by atoms with Crippen LogP contribution in [0.3, 0.4) is 0 Å². The van der Waals surface area contributed by atoms with Gasteiger partial charge >= 0.3 is 5.97 Å². The third-order valence-corrected chi connectivity index (χ3v) is 17.1. The van der Waals surface area contributed by atoms with Gasteiger partial charge in [-0.1, -0.05) is 122 Å². The minimum Gasteiger partial charge on any atom is -0.544 e. The molecule has 6 unspecified atom stereocenters. The van der Waals surface area contributed by atoms with Crippen LogP contribution in [0.4, 0.5) is 0 Å². The lowest BCUT2D eigenvalue weighted by atomic mass is 9.83. The highest BCUT2D eigenvalue weighted by Gasteiger charge is 2.49. The first-order valence-electron chi connectivity index (χ1n) is 28.5. The Morgan fingerprint density at radius 2 is 1.07 bits per heavy atom. The highest BCUT2D eigenvalue weighted by atomic mass is 16.6. The van der Waals surface area contributed by atoms with E-state index >= 15 is 0 Å². The number of rotatable bonds is 26.